The number of benzene rings is 2. The SMILES string of the molecule is Cc1cc(C[NH+]2CCN(c3ccc([N+](=O)[O-])cc3)CC2)c(-c2ccccc2)o1. The van der Waals surface area contributed by atoms with Gasteiger partial charge in [-0.15, -0.1) is 0 Å². The highest BCUT2D eigenvalue weighted by atomic mass is 16.6. The van der Waals surface area contributed by atoms with Gasteiger partial charge in [-0.25, -0.2) is 0 Å². The third-order valence-electron chi connectivity index (χ3n) is 5.30. The second kappa shape index (κ2) is 7.86. The van der Waals surface area contributed by atoms with Crippen LogP contribution in [0.4, 0.5) is 11.4 Å². The Balaban J connectivity index is 1.41. The standard InChI is InChI=1S/C22H23N3O3/c1-17-15-19(22(28-17)18-5-3-2-4-6-18)16-23-11-13-24(14-12-23)20-7-9-21(10-8-20)25(26)27/h2-10,15H,11-14,16H2,1H3/p+1. The van der Waals surface area contributed by atoms with Crippen molar-refractivity contribution in [3.63, 3.8) is 0 Å². The molecule has 1 aromatic heterocycles. The molecule has 144 valence electrons. The lowest BCUT2D eigenvalue weighted by molar-refractivity contribution is -0.914. The molecule has 0 radical (unpaired) electrons. The van der Waals surface area contributed by atoms with E-state index in [0.717, 1.165) is 55.5 Å². The van der Waals surface area contributed by atoms with Gasteiger partial charge in [-0.2, -0.15) is 0 Å². The molecule has 0 bridgehead atoms. The summed E-state index contributed by atoms with van der Waals surface area (Å²) >= 11 is 0. The first-order chi connectivity index (χ1) is 13.6. The van der Waals surface area contributed by atoms with Crippen LogP contribution in [0.25, 0.3) is 11.3 Å². The molecular weight excluding hydrogens is 354 g/mol. The number of nitrogens with one attached hydrogen (secondary N) is 1. The van der Waals surface area contributed by atoms with E-state index in [0.29, 0.717) is 0 Å². The fourth-order valence-electron chi connectivity index (χ4n) is 3.84. The normalized spacial score (nSPS) is 15.0. The molecule has 2 heterocycles. The lowest BCUT2D eigenvalue weighted by Gasteiger charge is -2.33. The van der Waals surface area contributed by atoms with Gasteiger partial charge in [0.2, 0.25) is 0 Å². The van der Waals surface area contributed by atoms with Gasteiger partial charge in [-0.3, -0.25) is 10.1 Å². The van der Waals surface area contributed by atoms with Crippen LogP contribution in [0.2, 0.25) is 0 Å². The number of rotatable bonds is 5. The molecule has 0 saturated carbocycles. The summed E-state index contributed by atoms with van der Waals surface area (Å²) in [4.78, 5) is 14.3. The number of anilines is 1. The number of piperazine rings is 1. The van der Waals surface area contributed by atoms with E-state index < -0.39 is 0 Å². The van der Waals surface area contributed by atoms with E-state index in [-0.39, 0.29) is 10.6 Å². The number of furan rings is 1. The van der Waals surface area contributed by atoms with Crippen LogP contribution >= 0.6 is 0 Å². The molecule has 3 aromatic rings. The molecule has 1 aliphatic rings. The van der Waals surface area contributed by atoms with Gasteiger partial charge >= 0.3 is 0 Å². The third kappa shape index (κ3) is 3.92. The fraction of sp³-hybridized carbons (Fsp3) is 0.273. The van der Waals surface area contributed by atoms with Crippen LogP contribution in [-0.2, 0) is 6.54 Å². The lowest BCUT2D eigenvalue weighted by atomic mass is 10.1. The number of non-ortho nitro benzene ring substituents is 1. The highest BCUT2D eigenvalue weighted by Crippen LogP contribution is 2.26. The van der Waals surface area contributed by atoms with Crippen molar-refractivity contribution in [1.82, 2.24) is 0 Å². The minimum absolute atomic E-state index is 0.136. The largest absolute Gasteiger partial charge is 0.461 e. The van der Waals surface area contributed by atoms with Crippen LogP contribution in [-0.4, -0.2) is 31.1 Å². The zero-order valence-electron chi connectivity index (χ0n) is 15.9. The van der Waals surface area contributed by atoms with Crippen LogP contribution in [0.5, 0.6) is 0 Å². The Morgan fingerprint density at radius 2 is 1.75 bits per heavy atom. The fourth-order valence-corrected chi connectivity index (χ4v) is 3.84. The van der Waals surface area contributed by atoms with Crippen LogP contribution < -0.4 is 9.80 Å². The van der Waals surface area contributed by atoms with Gasteiger partial charge in [0, 0.05) is 23.4 Å². The number of nitrogens with zero attached hydrogens (tertiary/aromatic N) is 2. The van der Waals surface area contributed by atoms with Crippen molar-refractivity contribution in [2.75, 3.05) is 31.1 Å². The maximum atomic E-state index is 10.8. The predicted octanol–water partition coefficient (Wildman–Crippen LogP) is 3.07. The van der Waals surface area contributed by atoms with Crippen LogP contribution in [0.3, 0.4) is 0 Å². The molecule has 0 atom stereocenters. The molecular formula is C22H24N3O3+. The van der Waals surface area contributed by atoms with E-state index in [4.69, 9.17) is 4.42 Å². The summed E-state index contributed by atoms with van der Waals surface area (Å²) < 4.78 is 5.98. The summed E-state index contributed by atoms with van der Waals surface area (Å²) in [7, 11) is 0. The Morgan fingerprint density at radius 3 is 2.39 bits per heavy atom. The van der Waals surface area contributed by atoms with Crippen LogP contribution in [0, 0.1) is 17.0 Å². The summed E-state index contributed by atoms with van der Waals surface area (Å²) in [6, 6.07) is 19.3. The molecule has 1 fully saturated rings. The van der Waals surface area contributed by atoms with Crippen molar-refractivity contribution >= 4 is 11.4 Å². The first-order valence-corrected chi connectivity index (χ1v) is 9.58. The van der Waals surface area contributed by atoms with E-state index in [1.165, 1.54) is 10.5 Å². The monoisotopic (exact) mass is 378 g/mol. The molecule has 1 N–H and O–H groups in total. The first kappa shape index (κ1) is 18.3. The van der Waals surface area contributed by atoms with Crippen molar-refractivity contribution in [3.8, 4) is 11.3 Å². The van der Waals surface area contributed by atoms with Gasteiger partial charge in [0.15, 0.2) is 0 Å². The molecule has 1 saturated heterocycles. The summed E-state index contributed by atoms with van der Waals surface area (Å²) in [5, 5.41) is 10.8. The quantitative estimate of drug-likeness (QED) is 0.547. The molecule has 0 unspecified atom stereocenters. The Hall–Kier alpha value is -3.12. The van der Waals surface area contributed by atoms with Gasteiger partial charge in [0.05, 0.1) is 36.7 Å². The van der Waals surface area contributed by atoms with Crippen LogP contribution in [0.1, 0.15) is 11.3 Å². The molecule has 4 rings (SSSR count). The van der Waals surface area contributed by atoms with Crippen molar-refractivity contribution in [2.24, 2.45) is 0 Å². The number of hydrogen-bond acceptors (Lipinski definition) is 4. The van der Waals surface area contributed by atoms with Crippen LogP contribution in [0.15, 0.2) is 65.1 Å². The van der Waals surface area contributed by atoms with Gasteiger partial charge in [0.25, 0.3) is 5.69 Å². The second-order valence-corrected chi connectivity index (χ2v) is 7.26. The molecule has 1 aliphatic heterocycles. The average molecular weight is 378 g/mol. The molecule has 0 amide bonds. The first-order valence-electron chi connectivity index (χ1n) is 9.58. The number of nitro benzene ring substituents is 1. The molecule has 0 spiro atoms. The Labute approximate surface area is 164 Å². The molecule has 6 nitrogen and oxygen atoms in total. The van der Waals surface area contributed by atoms with Crippen molar-refractivity contribution in [3.05, 3.63) is 82.1 Å². The Bertz CT molecular complexity index is 943. The number of nitro groups is 1. The minimum atomic E-state index is -0.358. The zero-order chi connectivity index (χ0) is 19.5. The minimum Gasteiger partial charge on any atom is -0.461 e. The zero-order valence-corrected chi connectivity index (χ0v) is 15.9. The number of aryl methyl sites for hydroxylation is 1. The van der Waals surface area contributed by atoms with Gasteiger partial charge in [-0.05, 0) is 25.1 Å². The topological polar surface area (TPSA) is 64.0 Å². The second-order valence-electron chi connectivity index (χ2n) is 7.26. The summed E-state index contributed by atoms with van der Waals surface area (Å²) in [5.74, 6) is 1.92. The lowest BCUT2D eigenvalue weighted by Crippen LogP contribution is -3.13. The predicted molar refractivity (Wildman–Crippen MR) is 109 cm³/mol. The van der Waals surface area contributed by atoms with Gasteiger partial charge < -0.3 is 14.2 Å². The molecule has 0 aliphatic carbocycles. The third-order valence-corrected chi connectivity index (χ3v) is 5.30. The van der Waals surface area contributed by atoms with E-state index in [1.807, 2.05) is 37.3 Å². The highest BCUT2D eigenvalue weighted by Gasteiger charge is 2.23. The van der Waals surface area contributed by atoms with E-state index >= 15 is 0 Å². The van der Waals surface area contributed by atoms with Crippen molar-refractivity contribution in [1.29, 1.82) is 0 Å². The molecule has 28 heavy (non-hydrogen) atoms. The Morgan fingerprint density at radius 1 is 1.07 bits per heavy atom. The van der Waals surface area contributed by atoms with Crippen molar-refractivity contribution in [2.45, 2.75) is 13.5 Å². The van der Waals surface area contributed by atoms with Gasteiger partial charge in [0.1, 0.15) is 18.1 Å². The van der Waals surface area contributed by atoms with E-state index in [1.54, 1.807) is 12.1 Å². The van der Waals surface area contributed by atoms with Gasteiger partial charge in [-0.1, -0.05) is 30.3 Å². The molecule has 6 heteroatoms. The van der Waals surface area contributed by atoms with Crippen molar-refractivity contribution < 1.29 is 14.2 Å². The maximum absolute atomic E-state index is 10.8. The number of hydrogen-bond donors (Lipinski definition) is 1. The number of quaternary nitrogens is 1. The average Bonchev–Trinajstić information content (AvgIpc) is 3.09. The van der Waals surface area contributed by atoms with E-state index in [2.05, 4.69) is 23.1 Å². The summed E-state index contributed by atoms with van der Waals surface area (Å²) in [6.07, 6.45) is 0. The summed E-state index contributed by atoms with van der Waals surface area (Å²) in [6.45, 7) is 6.85. The summed E-state index contributed by atoms with van der Waals surface area (Å²) in [5.41, 5.74) is 3.56. The smallest absolute Gasteiger partial charge is 0.269 e. The highest BCUT2D eigenvalue weighted by molar-refractivity contribution is 5.61. The maximum Gasteiger partial charge on any atom is 0.269 e. The Kier molecular flexibility index (Phi) is 5.12. The van der Waals surface area contributed by atoms with E-state index in [9.17, 15) is 10.1 Å². The molecule has 2 aromatic carbocycles.